The molecule has 0 atom stereocenters. The summed E-state index contributed by atoms with van der Waals surface area (Å²) in [7, 11) is 1.62. The Balaban J connectivity index is 1.56. The monoisotopic (exact) mass is 313 g/mol. The maximum absolute atomic E-state index is 12.1. The zero-order chi connectivity index (χ0) is 16.1. The van der Waals surface area contributed by atoms with Crippen LogP contribution in [0, 0.1) is 0 Å². The molecule has 0 radical (unpaired) electrons. The van der Waals surface area contributed by atoms with Gasteiger partial charge in [0.15, 0.2) is 11.5 Å². The Labute approximate surface area is 135 Å². The molecule has 1 aliphatic rings. The lowest BCUT2D eigenvalue weighted by Gasteiger charge is -2.18. The summed E-state index contributed by atoms with van der Waals surface area (Å²) in [6, 6.07) is 13.2. The van der Waals surface area contributed by atoms with Gasteiger partial charge in [0.2, 0.25) is 5.91 Å². The van der Waals surface area contributed by atoms with E-state index in [0.29, 0.717) is 31.9 Å². The van der Waals surface area contributed by atoms with E-state index >= 15 is 0 Å². The zero-order valence-electron chi connectivity index (χ0n) is 13.0. The molecule has 5 nitrogen and oxygen atoms in total. The van der Waals surface area contributed by atoms with Crippen LogP contribution in [0.1, 0.15) is 11.1 Å². The Hall–Kier alpha value is -2.69. The van der Waals surface area contributed by atoms with Crippen LogP contribution in [0.5, 0.6) is 17.2 Å². The smallest absolute Gasteiger partial charge is 0.224 e. The molecule has 1 N–H and O–H groups in total. The molecule has 1 aliphatic heterocycles. The number of nitrogens with one attached hydrogen (secondary N) is 1. The number of amides is 1. The third-order valence-corrected chi connectivity index (χ3v) is 3.60. The van der Waals surface area contributed by atoms with Gasteiger partial charge in [0.1, 0.15) is 19.0 Å². The van der Waals surface area contributed by atoms with E-state index in [4.69, 9.17) is 14.2 Å². The second-order valence-electron chi connectivity index (χ2n) is 5.28. The standard InChI is InChI=1S/C18H19NO4/c1-21-15-4-2-3-14(9-15)12-19-18(20)11-13-5-6-16-17(10-13)23-8-7-22-16/h2-6,9-10H,7-8,11-12H2,1H3,(H,19,20). The van der Waals surface area contributed by atoms with E-state index < -0.39 is 0 Å². The topological polar surface area (TPSA) is 56.8 Å². The van der Waals surface area contributed by atoms with Crippen molar-refractivity contribution in [1.29, 1.82) is 0 Å². The largest absolute Gasteiger partial charge is 0.497 e. The number of hydrogen-bond donors (Lipinski definition) is 1. The van der Waals surface area contributed by atoms with Gasteiger partial charge in [-0.25, -0.2) is 0 Å². The summed E-state index contributed by atoms with van der Waals surface area (Å²) in [5, 5.41) is 2.91. The van der Waals surface area contributed by atoms with Gasteiger partial charge in [0.25, 0.3) is 0 Å². The van der Waals surface area contributed by atoms with Gasteiger partial charge >= 0.3 is 0 Å². The summed E-state index contributed by atoms with van der Waals surface area (Å²) >= 11 is 0. The number of methoxy groups -OCH3 is 1. The molecule has 0 aliphatic carbocycles. The summed E-state index contributed by atoms with van der Waals surface area (Å²) < 4.78 is 16.2. The van der Waals surface area contributed by atoms with E-state index in [1.165, 1.54) is 0 Å². The molecule has 5 heteroatoms. The van der Waals surface area contributed by atoms with Gasteiger partial charge in [-0.2, -0.15) is 0 Å². The molecule has 0 aromatic heterocycles. The highest BCUT2D eigenvalue weighted by atomic mass is 16.6. The summed E-state index contributed by atoms with van der Waals surface area (Å²) in [4.78, 5) is 12.1. The Morgan fingerprint density at radius 2 is 1.91 bits per heavy atom. The molecule has 0 spiro atoms. The number of hydrogen-bond acceptors (Lipinski definition) is 4. The first-order chi connectivity index (χ1) is 11.2. The second-order valence-corrected chi connectivity index (χ2v) is 5.28. The SMILES string of the molecule is COc1cccc(CNC(=O)Cc2ccc3c(c2)OCCO3)c1. The van der Waals surface area contributed by atoms with Crippen molar-refractivity contribution in [3.05, 3.63) is 53.6 Å². The van der Waals surface area contributed by atoms with Gasteiger partial charge in [-0.3, -0.25) is 4.79 Å². The fourth-order valence-electron chi connectivity index (χ4n) is 2.43. The van der Waals surface area contributed by atoms with Crippen LogP contribution in [0.4, 0.5) is 0 Å². The van der Waals surface area contributed by atoms with Crippen LogP contribution in [-0.4, -0.2) is 26.2 Å². The molecular formula is C18H19NO4. The Bertz CT molecular complexity index is 699. The maximum atomic E-state index is 12.1. The highest BCUT2D eigenvalue weighted by Crippen LogP contribution is 2.30. The predicted molar refractivity (Wildman–Crippen MR) is 86.0 cm³/mol. The molecular weight excluding hydrogens is 294 g/mol. The number of benzene rings is 2. The first-order valence-corrected chi connectivity index (χ1v) is 7.53. The van der Waals surface area contributed by atoms with Crippen molar-refractivity contribution in [2.75, 3.05) is 20.3 Å². The van der Waals surface area contributed by atoms with E-state index in [0.717, 1.165) is 22.6 Å². The van der Waals surface area contributed by atoms with Crippen LogP contribution in [-0.2, 0) is 17.8 Å². The molecule has 0 unspecified atom stereocenters. The van der Waals surface area contributed by atoms with Crippen molar-refractivity contribution in [3.63, 3.8) is 0 Å². The normalized spacial score (nSPS) is 12.6. The van der Waals surface area contributed by atoms with Crippen molar-refractivity contribution in [2.24, 2.45) is 0 Å². The van der Waals surface area contributed by atoms with Gasteiger partial charge in [0, 0.05) is 6.54 Å². The van der Waals surface area contributed by atoms with Gasteiger partial charge in [-0.1, -0.05) is 18.2 Å². The van der Waals surface area contributed by atoms with E-state index in [9.17, 15) is 4.79 Å². The molecule has 1 amide bonds. The van der Waals surface area contributed by atoms with Crippen LogP contribution in [0.2, 0.25) is 0 Å². The summed E-state index contributed by atoms with van der Waals surface area (Å²) in [5.41, 5.74) is 1.90. The molecule has 1 heterocycles. The molecule has 0 saturated carbocycles. The minimum atomic E-state index is -0.0375. The molecule has 2 aromatic rings. The number of ether oxygens (including phenoxy) is 3. The van der Waals surface area contributed by atoms with Crippen molar-refractivity contribution >= 4 is 5.91 Å². The molecule has 0 bridgehead atoms. The van der Waals surface area contributed by atoms with E-state index in [2.05, 4.69) is 5.32 Å². The van der Waals surface area contributed by atoms with E-state index in [-0.39, 0.29) is 5.91 Å². The quantitative estimate of drug-likeness (QED) is 0.920. The van der Waals surface area contributed by atoms with E-state index in [1.807, 2.05) is 42.5 Å². The van der Waals surface area contributed by atoms with Crippen LogP contribution in [0.3, 0.4) is 0 Å². The number of carbonyl (C=O) groups is 1. The molecule has 0 saturated heterocycles. The van der Waals surface area contributed by atoms with Gasteiger partial charge in [-0.05, 0) is 35.4 Å². The highest BCUT2D eigenvalue weighted by Gasteiger charge is 2.13. The Kier molecular flexibility index (Phi) is 4.66. The third kappa shape index (κ3) is 3.94. The Morgan fingerprint density at radius 1 is 1.09 bits per heavy atom. The second kappa shape index (κ2) is 7.05. The first-order valence-electron chi connectivity index (χ1n) is 7.53. The van der Waals surface area contributed by atoms with Crippen molar-refractivity contribution in [1.82, 2.24) is 5.32 Å². The van der Waals surface area contributed by atoms with Gasteiger partial charge in [-0.15, -0.1) is 0 Å². The number of carbonyl (C=O) groups excluding carboxylic acids is 1. The molecule has 0 fully saturated rings. The average molecular weight is 313 g/mol. The van der Waals surface area contributed by atoms with Crippen LogP contribution in [0.15, 0.2) is 42.5 Å². The number of rotatable bonds is 5. The zero-order valence-corrected chi connectivity index (χ0v) is 13.0. The summed E-state index contributed by atoms with van der Waals surface area (Å²) in [5.74, 6) is 2.18. The van der Waals surface area contributed by atoms with Crippen LogP contribution >= 0.6 is 0 Å². The van der Waals surface area contributed by atoms with Crippen molar-refractivity contribution in [2.45, 2.75) is 13.0 Å². The van der Waals surface area contributed by atoms with Crippen LogP contribution in [0.25, 0.3) is 0 Å². The molecule has 2 aromatic carbocycles. The minimum absolute atomic E-state index is 0.0375. The minimum Gasteiger partial charge on any atom is -0.497 e. The van der Waals surface area contributed by atoms with Crippen LogP contribution < -0.4 is 19.5 Å². The fourth-order valence-corrected chi connectivity index (χ4v) is 2.43. The lowest BCUT2D eigenvalue weighted by molar-refractivity contribution is -0.120. The van der Waals surface area contributed by atoms with Crippen molar-refractivity contribution < 1.29 is 19.0 Å². The summed E-state index contributed by atoms with van der Waals surface area (Å²) in [6.45, 7) is 1.58. The van der Waals surface area contributed by atoms with Crippen molar-refractivity contribution in [3.8, 4) is 17.2 Å². The molecule has 120 valence electrons. The lowest BCUT2D eigenvalue weighted by atomic mass is 10.1. The number of fused-ring (bicyclic) bond motifs is 1. The van der Waals surface area contributed by atoms with Gasteiger partial charge < -0.3 is 19.5 Å². The predicted octanol–water partition coefficient (Wildman–Crippen LogP) is 2.33. The Morgan fingerprint density at radius 3 is 2.74 bits per heavy atom. The third-order valence-electron chi connectivity index (χ3n) is 3.60. The highest BCUT2D eigenvalue weighted by molar-refractivity contribution is 5.78. The molecule has 23 heavy (non-hydrogen) atoms. The summed E-state index contributed by atoms with van der Waals surface area (Å²) in [6.07, 6.45) is 0.306. The lowest BCUT2D eigenvalue weighted by Crippen LogP contribution is -2.24. The average Bonchev–Trinajstić information content (AvgIpc) is 2.60. The fraction of sp³-hybridized carbons (Fsp3) is 0.278. The first kappa shape index (κ1) is 15.2. The van der Waals surface area contributed by atoms with Gasteiger partial charge in [0.05, 0.1) is 13.5 Å². The maximum Gasteiger partial charge on any atom is 0.224 e. The molecule has 3 rings (SSSR count). The van der Waals surface area contributed by atoms with E-state index in [1.54, 1.807) is 7.11 Å².